The Hall–Kier alpha value is -6.22. The van der Waals surface area contributed by atoms with Gasteiger partial charge in [-0.1, -0.05) is 152 Å². The monoisotopic (exact) mass is 787 g/mol. The zero-order chi connectivity index (χ0) is 39.4. The molecule has 9 aromatic rings. The highest BCUT2D eigenvalue weighted by atomic mass is 32.1. The van der Waals surface area contributed by atoms with E-state index in [1.807, 2.05) is 11.3 Å². The van der Waals surface area contributed by atoms with Crippen LogP contribution in [0.2, 0.25) is 0 Å². The first kappa shape index (κ1) is 34.6. The van der Waals surface area contributed by atoms with Crippen LogP contribution < -0.4 is 4.90 Å². The smallest absolute Gasteiger partial charge is 0.0540 e. The van der Waals surface area contributed by atoms with Gasteiger partial charge >= 0.3 is 0 Å². The van der Waals surface area contributed by atoms with Crippen molar-refractivity contribution < 1.29 is 0 Å². The summed E-state index contributed by atoms with van der Waals surface area (Å²) in [6.45, 7) is 0. The number of para-hydroxylation sites is 1. The highest BCUT2D eigenvalue weighted by Gasteiger charge is 2.61. The van der Waals surface area contributed by atoms with Crippen molar-refractivity contribution in [2.24, 2.45) is 23.7 Å². The molecule has 0 saturated heterocycles. The van der Waals surface area contributed by atoms with Gasteiger partial charge in [-0.05, 0) is 142 Å². The number of hydrogen-bond donors (Lipinski definition) is 0. The van der Waals surface area contributed by atoms with Crippen LogP contribution in [0.15, 0.2) is 188 Å². The summed E-state index contributed by atoms with van der Waals surface area (Å²) < 4.78 is 2.65. The number of anilines is 3. The Balaban J connectivity index is 1.04. The minimum Gasteiger partial charge on any atom is -0.310 e. The summed E-state index contributed by atoms with van der Waals surface area (Å²) in [6, 6.07) is 71.0. The molecule has 0 aliphatic heterocycles. The van der Waals surface area contributed by atoms with Crippen molar-refractivity contribution in [3.63, 3.8) is 0 Å². The average molecular weight is 788 g/mol. The van der Waals surface area contributed by atoms with Crippen LogP contribution in [-0.2, 0) is 5.41 Å². The summed E-state index contributed by atoms with van der Waals surface area (Å²) in [7, 11) is 0. The molecule has 0 unspecified atom stereocenters. The second-order valence-corrected chi connectivity index (χ2v) is 19.1. The fourth-order valence-electron chi connectivity index (χ4n) is 13.0. The van der Waals surface area contributed by atoms with Crippen molar-refractivity contribution in [1.82, 2.24) is 0 Å². The third-order valence-electron chi connectivity index (χ3n) is 15.1. The van der Waals surface area contributed by atoms with Gasteiger partial charge in [-0.15, -0.1) is 11.3 Å². The van der Waals surface area contributed by atoms with Gasteiger partial charge in [0.25, 0.3) is 0 Å². The molecule has 5 aliphatic carbocycles. The highest BCUT2D eigenvalue weighted by Crippen LogP contribution is 2.69. The van der Waals surface area contributed by atoms with Gasteiger partial charge in [0.05, 0.1) is 5.69 Å². The summed E-state index contributed by atoms with van der Waals surface area (Å²) in [6.07, 6.45) is 6.96. The molecule has 0 atom stereocenters. The number of benzene rings is 8. The number of fused-ring (bicyclic) bond motifs is 6. The van der Waals surface area contributed by atoms with Crippen molar-refractivity contribution >= 4 is 48.6 Å². The number of thiophene rings is 1. The van der Waals surface area contributed by atoms with Gasteiger partial charge in [-0.3, -0.25) is 0 Å². The molecule has 4 fully saturated rings. The maximum atomic E-state index is 2.65. The van der Waals surface area contributed by atoms with Gasteiger partial charge in [0.1, 0.15) is 0 Å². The lowest BCUT2D eigenvalue weighted by molar-refractivity contribution is -0.0399. The van der Waals surface area contributed by atoms with Crippen molar-refractivity contribution in [3.8, 4) is 44.5 Å². The van der Waals surface area contributed by atoms with Crippen LogP contribution in [0, 0.1) is 23.7 Å². The van der Waals surface area contributed by atoms with Gasteiger partial charge < -0.3 is 4.90 Å². The van der Waals surface area contributed by atoms with Gasteiger partial charge in [-0.25, -0.2) is 0 Å². The number of nitrogens with zero attached hydrogens (tertiary/aromatic N) is 1. The SMILES string of the molecule is c1ccc(-c2ccccc2-c2ccccc2-c2ccccc2N(c2ccc3c(c2)C2(c4ccccc4-3)C3CC4CC(C3)CC2C4)c2ccc3c(c2)sc2ccccc23)cc1. The minimum absolute atomic E-state index is 0.0870. The van der Waals surface area contributed by atoms with Crippen LogP contribution in [0.25, 0.3) is 64.7 Å². The Morgan fingerprint density at radius 3 is 1.68 bits per heavy atom. The first-order chi connectivity index (χ1) is 29.7. The van der Waals surface area contributed by atoms with E-state index in [-0.39, 0.29) is 5.41 Å². The van der Waals surface area contributed by atoms with Crippen molar-refractivity contribution in [1.29, 1.82) is 0 Å². The Labute approximate surface area is 356 Å². The fourth-order valence-corrected chi connectivity index (χ4v) is 14.1. The summed E-state index contributed by atoms with van der Waals surface area (Å²) in [5, 5.41) is 2.66. The Morgan fingerprint density at radius 2 is 0.917 bits per heavy atom. The van der Waals surface area contributed by atoms with Crippen LogP contribution >= 0.6 is 11.3 Å². The second kappa shape index (κ2) is 13.4. The van der Waals surface area contributed by atoms with E-state index >= 15 is 0 Å². The van der Waals surface area contributed by atoms with E-state index in [1.165, 1.54) is 114 Å². The lowest BCUT2D eigenvalue weighted by Gasteiger charge is -2.61. The molecule has 14 rings (SSSR count). The molecule has 1 nitrogen and oxygen atoms in total. The molecule has 288 valence electrons. The quantitative estimate of drug-likeness (QED) is 0.162. The Bertz CT molecular complexity index is 3110. The predicted octanol–water partition coefficient (Wildman–Crippen LogP) is 16.2. The van der Waals surface area contributed by atoms with Crippen molar-refractivity contribution in [2.45, 2.75) is 37.5 Å². The predicted molar refractivity (Wildman–Crippen MR) is 254 cm³/mol. The van der Waals surface area contributed by atoms with E-state index in [4.69, 9.17) is 0 Å². The molecular formula is C58H45NS. The lowest BCUT2D eigenvalue weighted by atomic mass is 9.43. The maximum absolute atomic E-state index is 2.65. The molecule has 1 heterocycles. The Kier molecular flexibility index (Phi) is 7.73. The first-order valence-corrected chi connectivity index (χ1v) is 22.8. The standard InChI is InChI=1S/C58H45NS/c1-2-14-39(15-3-1)44-16-4-5-17-45(44)46-18-6-7-19-47(46)50-21-9-12-24-55(50)59(43-27-29-52-51-22-10-13-25-56(51)60-57(52)36-43)42-26-28-49-48-20-8-11-23-53(48)58(54(49)35-42)40-31-37-30-38(33-40)34-41(58)32-37/h1-29,35-38,40-41H,30-34H2. The van der Waals surface area contributed by atoms with Gasteiger partial charge in [0.15, 0.2) is 0 Å². The van der Waals surface area contributed by atoms with Gasteiger partial charge in [0.2, 0.25) is 0 Å². The van der Waals surface area contributed by atoms with E-state index in [1.54, 1.807) is 11.1 Å². The molecule has 4 bridgehead atoms. The maximum Gasteiger partial charge on any atom is 0.0540 e. The minimum atomic E-state index is 0.0870. The summed E-state index contributed by atoms with van der Waals surface area (Å²) >= 11 is 1.90. The summed E-state index contributed by atoms with van der Waals surface area (Å²) in [5.41, 5.74) is 17.2. The third kappa shape index (κ3) is 5.04. The number of rotatable bonds is 6. The molecule has 1 spiro atoms. The molecule has 5 aliphatic rings. The second-order valence-electron chi connectivity index (χ2n) is 18.0. The van der Waals surface area contributed by atoms with Crippen LogP contribution in [0.5, 0.6) is 0 Å². The third-order valence-corrected chi connectivity index (χ3v) is 16.2. The van der Waals surface area contributed by atoms with E-state index in [0.717, 1.165) is 11.8 Å². The lowest BCUT2D eigenvalue weighted by Crippen LogP contribution is -2.55. The summed E-state index contributed by atoms with van der Waals surface area (Å²) in [4.78, 5) is 2.59. The van der Waals surface area contributed by atoms with Crippen LogP contribution in [0.1, 0.15) is 43.2 Å². The zero-order valence-electron chi connectivity index (χ0n) is 33.6. The molecule has 4 saturated carbocycles. The molecule has 0 N–H and O–H groups in total. The number of hydrogen-bond acceptors (Lipinski definition) is 2. The van der Waals surface area contributed by atoms with E-state index < -0.39 is 0 Å². The molecule has 60 heavy (non-hydrogen) atoms. The van der Waals surface area contributed by atoms with E-state index in [9.17, 15) is 0 Å². The van der Waals surface area contributed by atoms with Gasteiger partial charge in [0, 0.05) is 42.5 Å². The first-order valence-electron chi connectivity index (χ1n) is 22.0. The molecule has 0 radical (unpaired) electrons. The van der Waals surface area contributed by atoms with E-state index in [2.05, 4.69) is 193 Å². The van der Waals surface area contributed by atoms with Crippen LogP contribution in [-0.4, -0.2) is 0 Å². The fraction of sp³-hybridized carbons (Fsp3) is 0.172. The normalized spacial score (nSPS) is 22.1. The summed E-state index contributed by atoms with van der Waals surface area (Å²) in [5.74, 6) is 3.22. The van der Waals surface area contributed by atoms with Crippen molar-refractivity contribution in [2.75, 3.05) is 4.90 Å². The Morgan fingerprint density at radius 1 is 0.383 bits per heavy atom. The molecule has 2 heteroatoms. The molecule has 8 aromatic carbocycles. The van der Waals surface area contributed by atoms with Crippen LogP contribution in [0.3, 0.4) is 0 Å². The average Bonchev–Trinajstić information content (AvgIpc) is 3.82. The van der Waals surface area contributed by atoms with Crippen molar-refractivity contribution in [3.05, 3.63) is 199 Å². The topological polar surface area (TPSA) is 3.24 Å². The molecule has 0 amide bonds. The largest absolute Gasteiger partial charge is 0.310 e. The molecule has 1 aromatic heterocycles. The van der Waals surface area contributed by atoms with Gasteiger partial charge in [-0.2, -0.15) is 0 Å². The highest BCUT2D eigenvalue weighted by molar-refractivity contribution is 7.25. The van der Waals surface area contributed by atoms with E-state index in [0.29, 0.717) is 11.8 Å². The molecular weight excluding hydrogens is 743 g/mol. The van der Waals surface area contributed by atoms with Crippen LogP contribution in [0.4, 0.5) is 17.1 Å². The zero-order valence-corrected chi connectivity index (χ0v) is 34.4.